The van der Waals surface area contributed by atoms with Crippen LogP contribution in [0, 0.1) is 62.1 Å². The van der Waals surface area contributed by atoms with Crippen LogP contribution in [-0.4, -0.2) is 36.4 Å². The largest absolute Gasteiger partial charge is 0.469 e. The Labute approximate surface area is 226 Å². The fraction of sp³-hybridized carbons (Fsp3) is 0.750. The van der Waals surface area contributed by atoms with Gasteiger partial charge in [-0.25, -0.2) is 0 Å². The summed E-state index contributed by atoms with van der Waals surface area (Å²) in [4.78, 5) is 41.0. The minimum absolute atomic E-state index is 0.0529. The van der Waals surface area contributed by atoms with Crippen LogP contribution in [0.3, 0.4) is 0 Å². The molecule has 6 heteroatoms. The van der Waals surface area contributed by atoms with Crippen molar-refractivity contribution in [2.24, 2.45) is 50.7 Å². The number of hydrogen-bond donors (Lipinski definition) is 1. The Morgan fingerprint density at radius 1 is 1.08 bits per heavy atom. The molecule has 0 spiro atoms. The summed E-state index contributed by atoms with van der Waals surface area (Å²) >= 11 is 0. The fourth-order valence-corrected chi connectivity index (χ4v) is 10.2. The third-order valence-corrected chi connectivity index (χ3v) is 12.1. The summed E-state index contributed by atoms with van der Waals surface area (Å²) in [5, 5.41) is 19.8. The van der Waals surface area contributed by atoms with Gasteiger partial charge in [-0.3, -0.25) is 14.4 Å². The van der Waals surface area contributed by atoms with E-state index in [9.17, 15) is 24.8 Å². The minimum atomic E-state index is -0.856. The van der Waals surface area contributed by atoms with E-state index in [1.54, 1.807) is 0 Å². The molecule has 0 aliphatic heterocycles. The molecule has 6 nitrogen and oxygen atoms in total. The number of nitriles is 1. The standard InChI is InChI=1S/C32H43NO5/c1-28(2)11-12-32(27(37)38-6)10-7-20-25(21(32)17-28)22(35)15-24-29(20,3)9-8-23-30(4,13-14-34)26(36)19(18-33)16-31(23,24)5/h15-16,20-21,23,25,34H,7-14,17H2,1-6H3/t20?,21?,23?,25?,29-,30-,31-,32+/m0/s1. The number of methoxy groups -OCH3 is 1. The molecule has 5 aliphatic carbocycles. The zero-order valence-electron chi connectivity index (χ0n) is 23.9. The van der Waals surface area contributed by atoms with Gasteiger partial charge < -0.3 is 9.84 Å². The van der Waals surface area contributed by atoms with E-state index < -0.39 is 16.2 Å². The van der Waals surface area contributed by atoms with Crippen molar-refractivity contribution in [1.82, 2.24) is 0 Å². The number of allylic oxidation sites excluding steroid dienone is 4. The van der Waals surface area contributed by atoms with Gasteiger partial charge in [-0.1, -0.05) is 46.3 Å². The molecule has 3 fully saturated rings. The van der Waals surface area contributed by atoms with Gasteiger partial charge >= 0.3 is 5.97 Å². The molecule has 38 heavy (non-hydrogen) atoms. The Balaban J connectivity index is 1.66. The number of fused-ring (bicyclic) bond motifs is 7. The highest BCUT2D eigenvalue weighted by molar-refractivity contribution is 6.05. The van der Waals surface area contributed by atoms with Crippen LogP contribution in [0.15, 0.2) is 23.3 Å². The second kappa shape index (κ2) is 8.62. The number of ketones is 2. The lowest BCUT2D eigenvalue weighted by molar-refractivity contribution is -0.178. The second-order valence-electron chi connectivity index (χ2n) is 14.4. The summed E-state index contributed by atoms with van der Waals surface area (Å²) < 4.78 is 5.38. The van der Waals surface area contributed by atoms with Crippen molar-refractivity contribution in [3.8, 4) is 6.07 Å². The Hall–Kier alpha value is -2.26. The molecule has 0 saturated heterocycles. The Kier molecular flexibility index (Phi) is 6.19. The van der Waals surface area contributed by atoms with E-state index in [1.165, 1.54) is 7.11 Å². The first-order valence-electron chi connectivity index (χ1n) is 14.4. The predicted molar refractivity (Wildman–Crippen MR) is 142 cm³/mol. The summed E-state index contributed by atoms with van der Waals surface area (Å²) in [6.45, 7) is 10.6. The summed E-state index contributed by atoms with van der Waals surface area (Å²) in [5.74, 6) is -0.537. The Morgan fingerprint density at radius 3 is 2.42 bits per heavy atom. The summed E-state index contributed by atoms with van der Waals surface area (Å²) in [5.41, 5.74) is -1.12. The molecule has 0 aromatic carbocycles. The third-order valence-electron chi connectivity index (χ3n) is 12.1. The van der Waals surface area contributed by atoms with Gasteiger partial charge in [0.15, 0.2) is 11.6 Å². The summed E-state index contributed by atoms with van der Waals surface area (Å²) in [6, 6.07) is 2.14. The molecule has 3 saturated carbocycles. The minimum Gasteiger partial charge on any atom is -0.469 e. The van der Waals surface area contributed by atoms with Crippen LogP contribution in [0.25, 0.3) is 0 Å². The van der Waals surface area contributed by atoms with Crippen molar-refractivity contribution in [3.63, 3.8) is 0 Å². The number of Topliss-reactive ketones (excluding diaryl/α,β-unsaturated/α-hetero) is 1. The fourth-order valence-electron chi connectivity index (χ4n) is 10.2. The van der Waals surface area contributed by atoms with Crippen LogP contribution in [-0.2, 0) is 19.1 Å². The molecule has 206 valence electrons. The molecule has 4 unspecified atom stereocenters. The summed E-state index contributed by atoms with van der Waals surface area (Å²) in [6.07, 6.45) is 9.68. The van der Waals surface area contributed by atoms with E-state index in [-0.39, 0.29) is 64.2 Å². The molecule has 5 rings (SSSR count). The third kappa shape index (κ3) is 3.43. The van der Waals surface area contributed by atoms with Crippen molar-refractivity contribution >= 4 is 17.5 Å². The van der Waals surface area contributed by atoms with Crippen molar-refractivity contribution < 1.29 is 24.2 Å². The van der Waals surface area contributed by atoms with Gasteiger partial charge in [0, 0.05) is 23.4 Å². The van der Waals surface area contributed by atoms with E-state index in [0.717, 1.165) is 50.5 Å². The zero-order chi connectivity index (χ0) is 27.9. The SMILES string of the molecule is COC(=O)[C@@]12CCC3C(C(=O)C=C4[C@@]5(C)C=C(C#N)C(=O)[C@@](C)(CCO)C5CC[C@]43C)C1CC(C)(C)CC2. The number of aliphatic hydroxyl groups excluding tert-OH is 1. The molecular formula is C32H43NO5. The van der Waals surface area contributed by atoms with Gasteiger partial charge in [0.05, 0.1) is 18.1 Å². The Bertz CT molecular complexity index is 1190. The molecule has 0 radical (unpaired) electrons. The molecule has 5 aliphatic rings. The molecule has 0 heterocycles. The van der Waals surface area contributed by atoms with Crippen molar-refractivity contribution in [2.75, 3.05) is 13.7 Å². The second-order valence-corrected chi connectivity index (χ2v) is 14.4. The quantitative estimate of drug-likeness (QED) is 0.502. The van der Waals surface area contributed by atoms with E-state index in [4.69, 9.17) is 4.74 Å². The van der Waals surface area contributed by atoms with E-state index in [2.05, 4.69) is 33.8 Å². The van der Waals surface area contributed by atoms with E-state index in [0.29, 0.717) is 6.42 Å². The number of aliphatic hydroxyl groups is 1. The predicted octanol–water partition coefficient (Wildman–Crippen LogP) is 5.35. The molecule has 0 aromatic heterocycles. The lowest BCUT2D eigenvalue weighted by Gasteiger charge is -2.64. The number of rotatable bonds is 3. The van der Waals surface area contributed by atoms with E-state index in [1.807, 2.05) is 19.1 Å². The van der Waals surface area contributed by atoms with Gasteiger partial charge in [-0.05, 0) is 86.0 Å². The summed E-state index contributed by atoms with van der Waals surface area (Å²) in [7, 11) is 1.47. The van der Waals surface area contributed by atoms with Crippen LogP contribution in [0.1, 0.15) is 86.0 Å². The van der Waals surface area contributed by atoms with Gasteiger partial charge in [0.25, 0.3) is 0 Å². The highest BCUT2D eigenvalue weighted by Crippen LogP contribution is 2.70. The Morgan fingerprint density at radius 2 is 1.79 bits per heavy atom. The molecule has 0 aromatic rings. The maximum absolute atomic E-state index is 14.2. The van der Waals surface area contributed by atoms with Gasteiger partial charge in [0.2, 0.25) is 0 Å². The monoisotopic (exact) mass is 521 g/mol. The van der Waals surface area contributed by atoms with Crippen LogP contribution in [0.2, 0.25) is 0 Å². The lowest BCUT2D eigenvalue weighted by atomic mass is 9.38. The molecule has 0 bridgehead atoms. The topological polar surface area (TPSA) is 104 Å². The molecule has 8 atom stereocenters. The van der Waals surface area contributed by atoms with Crippen molar-refractivity contribution in [3.05, 3.63) is 23.3 Å². The average molecular weight is 522 g/mol. The normalized spacial score (nSPS) is 45.3. The van der Waals surface area contributed by atoms with E-state index >= 15 is 0 Å². The number of carbonyl (C=O) groups is 3. The van der Waals surface area contributed by atoms with Gasteiger partial charge in [0.1, 0.15) is 6.07 Å². The first-order chi connectivity index (χ1) is 17.7. The van der Waals surface area contributed by atoms with Crippen LogP contribution in [0.5, 0.6) is 0 Å². The smallest absolute Gasteiger partial charge is 0.312 e. The first kappa shape index (κ1) is 27.3. The highest BCUT2D eigenvalue weighted by Gasteiger charge is 2.67. The van der Waals surface area contributed by atoms with Gasteiger partial charge in [-0.2, -0.15) is 5.26 Å². The average Bonchev–Trinajstić information content (AvgIpc) is 2.86. The van der Waals surface area contributed by atoms with Crippen LogP contribution >= 0.6 is 0 Å². The highest BCUT2D eigenvalue weighted by atomic mass is 16.5. The van der Waals surface area contributed by atoms with Crippen LogP contribution < -0.4 is 0 Å². The number of ether oxygens (including phenoxy) is 1. The zero-order valence-corrected chi connectivity index (χ0v) is 23.9. The van der Waals surface area contributed by atoms with Crippen LogP contribution in [0.4, 0.5) is 0 Å². The van der Waals surface area contributed by atoms with Crippen molar-refractivity contribution in [2.45, 2.75) is 86.0 Å². The van der Waals surface area contributed by atoms with Gasteiger partial charge in [-0.15, -0.1) is 0 Å². The maximum Gasteiger partial charge on any atom is 0.312 e. The molecule has 1 N–H and O–H groups in total. The number of carbonyl (C=O) groups excluding carboxylic acids is 3. The number of hydrogen-bond acceptors (Lipinski definition) is 6. The maximum atomic E-state index is 14.2. The van der Waals surface area contributed by atoms with Crippen molar-refractivity contribution in [1.29, 1.82) is 5.26 Å². The first-order valence-corrected chi connectivity index (χ1v) is 14.4. The lowest BCUT2D eigenvalue weighted by Crippen LogP contribution is -2.62. The number of nitrogens with zero attached hydrogens (tertiary/aromatic N) is 1. The molecule has 0 amide bonds. The molecular weight excluding hydrogens is 478 g/mol. The number of esters is 1.